The van der Waals surface area contributed by atoms with Crippen molar-refractivity contribution < 1.29 is 4.52 Å². The minimum atomic E-state index is -0.247. The first kappa shape index (κ1) is 14.7. The molecular formula is C12H13Cl2N3OS. The summed E-state index contributed by atoms with van der Waals surface area (Å²) in [6, 6.07) is 4.87. The fraction of sp³-hybridized carbons (Fsp3) is 0.333. The van der Waals surface area contributed by atoms with Crippen LogP contribution in [0.2, 0.25) is 10.0 Å². The molecule has 19 heavy (non-hydrogen) atoms. The summed E-state index contributed by atoms with van der Waals surface area (Å²) in [6.07, 6.45) is 2.82. The zero-order valence-electron chi connectivity index (χ0n) is 10.3. The van der Waals surface area contributed by atoms with Crippen molar-refractivity contribution in [2.45, 2.75) is 12.5 Å². The molecule has 0 saturated carbocycles. The van der Waals surface area contributed by atoms with Gasteiger partial charge in [0.15, 0.2) is 0 Å². The molecule has 0 bridgehead atoms. The lowest BCUT2D eigenvalue weighted by molar-refractivity contribution is 0.353. The van der Waals surface area contributed by atoms with Gasteiger partial charge in [-0.15, -0.1) is 0 Å². The van der Waals surface area contributed by atoms with E-state index >= 15 is 0 Å². The first-order chi connectivity index (χ1) is 9.10. The second kappa shape index (κ2) is 6.61. The lowest BCUT2D eigenvalue weighted by Crippen LogP contribution is -2.11. The van der Waals surface area contributed by atoms with E-state index in [4.69, 9.17) is 33.5 Å². The van der Waals surface area contributed by atoms with Crippen molar-refractivity contribution in [3.8, 4) is 11.4 Å². The Labute approximate surface area is 125 Å². The van der Waals surface area contributed by atoms with Gasteiger partial charge < -0.3 is 10.3 Å². The summed E-state index contributed by atoms with van der Waals surface area (Å²) in [5.74, 6) is 1.82. The van der Waals surface area contributed by atoms with Crippen molar-refractivity contribution in [1.29, 1.82) is 0 Å². The Hall–Kier alpha value is -0.750. The van der Waals surface area contributed by atoms with E-state index in [2.05, 4.69) is 10.1 Å². The monoisotopic (exact) mass is 317 g/mol. The van der Waals surface area contributed by atoms with E-state index in [-0.39, 0.29) is 6.04 Å². The van der Waals surface area contributed by atoms with Gasteiger partial charge in [-0.25, -0.2) is 0 Å². The topological polar surface area (TPSA) is 64.9 Å². The van der Waals surface area contributed by atoms with Crippen LogP contribution in [0.25, 0.3) is 11.4 Å². The first-order valence-corrected chi connectivity index (χ1v) is 7.79. The predicted molar refractivity (Wildman–Crippen MR) is 79.7 cm³/mol. The van der Waals surface area contributed by atoms with Gasteiger partial charge in [-0.2, -0.15) is 16.7 Å². The van der Waals surface area contributed by atoms with Crippen LogP contribution in [0.5, 0.6) is 0 Å². The van der Waals surface area contributed by atoms with Crippen molar-refractivity contribution in [1.82, 2.24) is 10.1 Å². The molecule has 1 atom stereocenters. The largest absolute Gasteiger partial charge is 0.337 e. The minimum Gasteiger partial charge on any atom is -0.337 e. The summed E-state index contributed by atoms with van der Waals surface area (Å²) in [6.45, 7) is 0. The van der Waals surface area contributed by atoms with Gasteiger partial charge in [0.1, 0.15) is 0 Å². The van der Waals surface area contributed by atoms with E-state index in [1.54, 1.807) is 30.0 Å². The molecule has 0 spiro atoms. The SMILES string of the molecule is CSCCC(N)c1nc(-c2cc(Cl)cc(Cl)c2)no1. The molecule has 2 aromatic rings. The highest BCUT2D eigenvalue weighted by Crippen LogP contribution is 2.26. The van der Waals surface area contributed by atoms with Crippen molar-refractivity contribution in [3.05, 3.63) is 34.1 Å². The van der Waals surface area contributed by atoms with Crippen LogP contribution in [0.3, 0.4) is 0 Å². The zero-order valence-corrected chi connectivity index (χ0v) is 12.6. The molecule has 1 unspecified atom stereocenters. The smallest absolute Gasteiger partial charge is 0.243 e. The molecule has 0 saturated heterocycles. The third-order valence-corrected chi connectivity index (χ3v) is 3.59. The molecule has 2 rings (SSSR count). The molecule has 4 nitrogen and oxygen atoms in total. The maximum absolute atomic E-state index is 5.97. The second-order valence-corrected chi connectivity index (χ2v) is 5.86. The van der Waals surface area contributed by atoms with Gasteiger partial charge in [0.05, 0.1) is 6.04 Å². The summed E-state index contributed by atoms with van der Waals surface area (Å²) in [5, 5.41) is 4.96. The maximum Gasteiger partial charge on any atom is 0.243 e. The van der Waals surface area contributed by atoms with Crippen molar-refractivity contribution >= 4 is 35.0 Å². The lowest BCUT2D eigenvalue weighted by Gasteiger charge is -2.03. The average Bonchev–Trinajstić information content (AvgIpc) is 2.84. The Morgan fingerprint density at radius 1 is 1.32 bits per heavy atom. The fourth-order valence-corrected chi connectivity index (χ4v) is 2.57. The Bertz CT molecular complexity index is 541. The van der Waals surface area contributed by atoms with E-state index in [0.717, 1.165) is 12.2 Å². The molecule has 0 radical (unpaired) electrons. The Balaban J connectivity index is 2.20. The molecule has 0 amide bonds. The van der Waals surface area contributed by atoms with Crippen molar-refractivity contribution in [3.63, 3.8) is 0 Å². The van der Waals surface area contributed by atoms with E-state index in [1.807, 2.05) is 6.26 Å². The highest BCUT2D eigenvalue weighted by molar-refractivity contribution is 7.98. The standard InChI is InChI=1S/C12H13Cl2N3OS/c1-19-3-2-10(15)12-16-11(17-18-12)7-4-8(13)6-9(14)5-7/h4-6,10H,2-3,15H2,1H3. The van der Waals surface area contributed by atoms with Crippen LogP contribution in [0.1, 0.15) is 18.4 Å². The van der Waals surface area contributed by atoms with E-state index in [1.165, 1.54) is 0 Å². The molecule has 0 aliphatic heterocycles. The lowest BCUT2D eigenvalue weighted by atomic mass is 10.2. The van der Waals surface area contributed by atoms with Gasteiger partial charge in [-0.1, -0.05) is 28.4 Å². The number of aromatic nitrogens is 2. The van der Waals surface area contributed by atoms with Gasteiger partial charge in [0.25, 0.3) is 0 Å². The van der Waals surface area contributed by atoms with Crippen LogP contribution < -0.4 is 5.73 Å². The summed E-state index contributed by atoms with van der Waals surface area (Å²) in [7, 11) is 0. The van der Waals surface area contributed by atoms with Gasteiger partial charge >= 0.3 is 0 Å². The molecule has 0 fully saturated rings. The summed E-state index contributed by atoms with van der Waals surface area (Å²) in [4.78, 5) is 4.29. The zero-order chi connectivity index (χ0) is 13.8. The van der Waals surface area contributed by atoms with Gasteiger partial charge in [-0.3, -0.25) is 0 Å². The Morgan fingerprint density at radius 3 is 2.63 bits per heavy atom. The summed E-state index contributed by atoms with van der Waals surface area (Å²) < 4.78 is 5.18. The van der Waals surface area contributed by atoms with Crippen LogP contribution in [0, 0.1) is 0 Å². The molecule has 1 heterocycles. The van der Waals surface area contributed by atoms with Gasteiger partial charge in [-0.05, 0) is 36.6 Å². The van der Waals surface area contributed by atoms with E-state index < -0.39 is 0 Å². The predicted octanol–water partition coefficient (Wildman–Crippen LogP) is 3.80. The second-order valence-electron chi connectivity index (χ2n) is 4.00. The van der Waals surface area contributed by atoms with E-state index in [9.17, 15) is 0 Å². The van der Waals surface area contributed by atoms with Crippen LogP contribution in [0.4, 0.5) is 0 Å². The summed E-state index contributed by atoms with van der Waals surface area (Å²) in [5.41, 5.74) is 6.68. The average molecular weight is 318 g/mol. The number of hydrogen-bond donors (Lipinski definition) is 1. The molecule has 0 aliphatic rings. The fourth-order valence-electron chi connectivity index (χ4n) is 1.55. The number of nitrogens with two attached hydrogens (primary N) is 1. The molecule has 7 heteroatoms. The molecule has 1 aromatic heterocycles. The van der Waals surface area contributed by atoms with Crippen LogP contribution >= 0.6 is 35.0 Å². The highest BCUT2D eigenvalue weighted by Gasteiger charge is 2.15. The van der Waals surface area contributed by atoms with Crippen LogP contribution in [-0.2, 0) is 0 Å². The molecule has 102 valence electrons. The summed E-state index contributed by atoms with van der Waals surface area (Å²) >= 11 is 13.6. The maximum atomic E-state index is 5.97. The Morgan fingerprint density at radius 2 is 2.00 bits per heavy atom. The number of benzene rings is 1. The molecule has 1 aromatic carbocycles. The van der Waals surface area contributed by atoms with Crippen LogP contribution in [0.15, 0.2) is 22.7 Å². The van der Waals surface area contributed by atoms with Gasteiger partial charge in [0.2, 0.25) is 11.7 Å². The number of nitrogens with zero attached hydrogens (tertiary/aromatic N) is 2. The first-order valence-electron chi connectivity index (χ1n) is 5.64. The quantitative estimate of drug-likeness (QED) is 0.908. The van der Waals surface area contributed by atoms with E-state index in [0.29, 0.717) is 27.3 Å². The number of hydrogen-bond acceptors (Lipinski definition) is 5. The molecule has 0 aliphatic carbocycles. The minimum absolute atomic E-state index is 0.247. The third kappa shape index (κ3) is 3.86. The van der Waals surface area contributed by atoms with Crippen LogP contribution in [-0.4, -0.2) is 22.1 Å². The normalized spacial score (nSPS) is 12.6. The highest BCUT2D eigenvalue weighted by atomic mass is 35.5. The Kier molecular flexibility index (Phi) is 5.10. The van der Waals surface area contributed by atoms with Crippen molar-refractivity contribution in [2.24, 2.45) is 5.73 Å². The van der Waals surface area contributed by atoms with Crippen molar-refractivity contribution in [2.75, 3.05) is 12.0 Å². The number of rotatable bonds is 5. The number of thioether (sulfide) groups is 1. The van der Waals surface area contributed by atoms with Gasteiger partial charge in [0, 0.05) is 15.6 Å². The third-order valence-electron chi connectivity index (χ3n) is 2.51. The number of halogens is 2. The molecular weight excluding hydrogens is 305 g/mol. The molecule has 2 N–H and O–H groups in total.